The Bertz CT molecular complexity index is 1150. The molecule has 43 heavy (non-hydrogen) atoms. The summed E-state index contributed by atoms with van der Waals surface area (Å²) in [4.78, 5) is 24.6. The molecule has 1 aromatic rings. The number of nitrogens with one attached hydrogen (secondary N) is 1. The van der Waals surface area contributed by atoms with Gasteiger partial charge in [-0.15, -0.1) is 0 Å². The molecular formula is C34H52N2O7. The van der Waals surface area contributed by atoms with Crippen molar-refractivity contribution >= 4 is 17.5 Å². The maximum absolute atomic E-state index is 12.3. The number of carbonyl (C=O) groups excluding carboxylic acids is 2. The van der Waals surface area contributed by atoms with Gasteiger partial charge in [0.25, 0.3) is 0 Å². The zero-order valence-corrected chi connectivity index (χ0v) is 26.6. The quantitative estimate of drug-likeness (QED) is 0.224. The summed E-state index contributed by atoms with van der Waals surface area (Å²) < 4.78 is 17.2. The maximum Gasteiger partial charge on any atom is 0.302 e. The molecule has 5 atom stereocenters. The normalized spacial score (nSPS) is 22.3. The maximum atomic E-state index is 12.3. The molecule has 3 rings (SSSR count). The smallest absolute Gasteiger partial charge is 0.302 e. The molecule has 240 valence electrons. The van der Waals surface area contributed by atoms with Crippen molar-refractivity contribution in [3.8, 4) is 11.5 Å². The van der Waals surface area contributed by atoms with E-state index in [9.17, 15) is 19.8 Å². The van der Waals surface area contributed by atoms with E-state index in [0.29, 0.717) is 49.2 Å². The lowest BCUT2D eigenvalue weighted by Crippen LogP contribution is -2.36. The van der Waals surface area contributed by atoms with Crippen LogP contribution in [0.25, 0.3) is 5.57 Å². The van der Waals surface area contributed by atoms with Crippen LogP contribution in [0.3, 0.4) is 0 Å². The van der Waals surface area contributed by atoms with Crippen molar-refractivity contribution in [1.82, 2.24) is 5.32 Å². The van der Waals surface area contributed by atoms with E-state index in [1.807, 2.05) is 18.2 Å². The molecule has 9 heteroatoms. The van der Waals surface area contributed by atoms with Gasteiger partial charge in [-0.1, -0.05) is 32.8 Å². The van der Waals surface area contributed by atoms with Crippen LogP contribution in [0.5, 0.6) is 11.5 Å². The van der Waals surface area contributed by atoms with E-state index in [0.717, 1.165) is 55.2 Å². The first-order valence-electron chi connectivity index (χ1n) is 15.8. The molecule has 9 nitrogen and oxygen atoms in total. The minimum Gasteiger partial charge on any atom is -0.504 e. The Kier molecular flexibility index (Phi) is 13.2. The van der Waals surface area contributed by atoms with Gasteiger partial charge in [0.15, 0.2) is 11.5 Å². The number of phenols is 1. The lowest BCUT2D eigenvalue weighted by molar-refractivity contribution is -0.156. The van der Waals surface area contributed by atoms with Crippen LogP contribution in [0, 0.1) is 23.7 Å². The number of esters is 2. The van der Waals surface area contributed by atoms with Crippen LogP contribution in [-0.2, 0) is 25.5 Å². The Morgan fingerprint density at radius 2 is 1.79 bits per heavy atom. The monoisotopic (exact) mass is 600 g/mol. The zero-order chi connectivity index (χ0) is 31.5. The highest BCUT2D eigenvalue weighted by Crippen LogP contribution is 2.38. The number of aryl methyl sites for hydroxylation is 1. The Morgan fingerprint density at radius 3 is 2.42 bits per heavy atom. The molecule has 1 aliphatic carbocycles. The lowest BCUT2D eigenvalue weighted by Gasteiger charge is -2.36. The minimum atomic E-state index is -0.501. The summed E-state index contributed by atoms with van der Waals surface area (Å²) >= 11 is 0. The van der Waals surface area contributed by atoms with Gasteiger partial charge in [-0.25, -0.2) is 0 Å². The van der Waals surface area contributed by atoms with Crippen molar-refractivity contribution < 1.29 is 34.0 Å². The van der Waals surface area contributed by atoms with Crippen molar-refractivity contribution in [2.45, 2.75) is 97.7 Å². The molecule has 0 aromatic heterocycles. The van der Waals surface area contributed by atoms with E-state index in [1.54, 1.807) is 6.07 Å². The van der Waals surface area contributed by atoms with Crippen molar-refractivity contribution in [2.24, 2.45) is 29.4 Å². The highest BCUT2D eigenvalue weighted by atomic mass is 16.6. The number of aromatic hydroxyl groups is 1. The van der Waals surface area contributed by atoms with Gasteiger partial charge in [0, 0.05) is 33.4 Å². The molecular weight excluding hydrogens is 548 g/mol. The van der Waals surface area contributed by atoms with E-state index in [2.05, 4.69) is 19.2 Å². The van der Waals surface area contributed by atoms with Crippen LogP contribution in [0.1, 0.15) is 90.2 Å². The van der Waals surface area contributed by atoms with Crippen LogP contribution in [0.15, 0.2) is 30.1 Å². The van der Waals surface area contributed by atoms with E-state index in [4.69, 9.17) is 19.9 Å². The van der Waals surface area contributed by atoms with Crippen molar-refractivity contribution in [3.63, 3.8) is 0 Å². The number of carbonyl (C=O) groups is 2. The Hall–Kier alpha value is -3.20. The fourth-order valence-corrected chi connectivity index (χ4v) is 6.81. The molecule has 0 amide bonds. The minimum absolute atomic E-state index is 0.0257. The first kappa shape index (κ1) is 34.3. The predicted molar refractivity (Wildman–Crippen MR) is 167 cm³/mol. The molecule has 2 aliphatic rings. The molecule has 0 radical (unpaired) electrons. The Morgan fingerprint density at radius 1 is 1.09 bits per heavy atom. The molecule has 0 spiro atoms. The highest BCUT2D eigenvalue weighted by Gasteiger charge is 2.34. The van der Waals surface area contributed by atoms with Crippen molar-refractivity contribution in [2.75, 3.05) is 20.3 Å². The SMILES string of the molecule is COc1cc(CC[C@H](C[C@@H](OC(C)=O)[C@@H]2C[C@H](CO)CCC[C@H](CC(C)C)C2)OC(C)=O)c(C2=CCNC(N)=C2)cc1O. The number of allylic oxidation sites excluding steroid dienone is 2. The second-order valence-electron chi connectivity index (χ2n) is 12.7. The first-order chi connectivity index (χ1) is 20.5. The number of ether oxygens (including phenoxy) is 3. The van der Waals surface area contributed by atoms with Crippen LogP contribution < -0.4 is 15.8 Å². The van der Waals surface area contributed by atoms with Gasteiger partial charge in [-0.2, -0.15) is 0 Å². The van der Waals surface area contributed by atoms with E-state index >= 15 is 0 Å². The lowest BCUT2D eigenvalue weighted by atomic mass is 9.74. The molecule has 0 bridgehead atoms. The summed E-state index contributed by atoms with van der Waals surface area (Å²) in [6.07, 6.45) is 10.2. The summed E-state index contributed by atoms with van der Waals surface area (Å²) in [5.41, 5.74) is 8.65. The number of nitrogens with two attached hydrogens (primary N) is 1. The van der Waals surface area contributed by atoms with E-state index < -0.39 is 18.2 Å². The standard InChI is InChI=1S/C34H52N2O7/c1-21(2)13-24-7-6-8-25(20-37)15-28(14-24)32(43-23(4)39)18-29(42-22(3)38)10-9-26-16-33(41-5)31(40)19-30(26)27-11-12-36-34(35)17-27/h11,16-17,19,21,24-25,28-29,32,36-37,40H,6-10,12-15,18,20,35H2,1-5H3/t24-,25-,28+,29-,32-/m1/s1. The number of dihydropyridines is 1. The van der Waals surface area contributed by atoms with E-state index in [1.165, 1.54) is 21.0 Å². The molecule has 0 saturated heterocycles. The van der Waals surface area contributed by atoms with Crippen LogP contribution in [0.2, 0.25) is 0 Å². The third-order valence-corrected chi connectivity index (χ3v) is 8.62. The zero-order valence-electron chi connectivity index (χ0n) is 26.6. The van der Waals surface area contributed by atoms with Gasteiger partial charge >= 0.3 is 11.9 Å². The molecule has 0 unspecified atom stereocenters. The fourth-order valence-electron chi connectivity index (χ4n) is 6.81. The van der Waals surface area contributed by atoms with Crippen molar-refractivity contribution in [1.29, 1.82) is 0 Å². The molecule has 1 heterocycles. The number of hydrogen-bond acceptors (Lipinski definition) is 9. The average molecular weight is 601 g/mol. The number of benzene rings is 1. The summed E-state index contributed by atoms with van der Waals surface area (Å²) in [7, 11) is 1.51. The second kappa shape index (κ2) is 16.6. The highest BCUT2D eigenvalue weighted by molar-refractivity contribution is 5.79. The summed E-state index contributed by atoms with van der Waals surface area (Å²) in [5, 5.41) is 23.7. The van der Waals surface area contributed by atoms with Crippen LogP contribution in [-0.4, -0.2) is 54.6 Å². The second-order valence-corrected chi connectivity index (χ2v) is 12.7. The Balaban J connectivity index is 1.89. The molecule has 1 saturated carbocycles. The molecule has 1 fully saturated rings. The summed E-state index contributed by atoms with van der Waals surface area (Å²) in [5.74, 6) is 1.46. The van der Waals surface area contributed by atoms with Gasteiger partial charge < -0.3 is 35.5 Å². The molecule has 5 N–H and O–H groups in total. The van der Waals surface area contributed by atoms with Gasteiger partial charge in [0.1, 0.15) is 12.2 Å². The number of phenolic OH excluding ortho intramolecular Hbond substituents is 1. The summed E-state index contributed by atoms with van der Waals surface area (Å²) in [6.45, 7) is 7.97. The largest absolute Gasteiger partial charge is 0.504 e. The van der Waals surface area contributed by atoms with Gasteiger partial charge in [0.2, 0.25) is 0 Å². The number of hydrogen-bond donors (Lipinski definition) is 4. The average Bonchev–Trinajstić information content (AvgIpc) is 2.92. The first-order valence-corrected chi connectivity index (χ1v) is 15.8. The number of aliphatic hydroxyl groups excluding tert-OH is 1. The summed E-state index contributed by atoms with van der Waals surface area (Å²) in [6, 6.07) is 3.49. The van der Waals surface area contributed by atoms with Crippen LogP contribution in [0.4, 0.5) is 0 Å². The van der Waals surface area contributed by atoms with E-state index in [-0.39, 0.29) is 30.2 Å². The fraction of sp³-hybridized carbons (Fsp3) is 0.647. The molecule has 1 aromatic carbocycles. The van der Waals surface area contributed by atoms with Crippen LogP contribution >= 0.6 is 0 Å². The number of rotatable bonds is 13. The number of aliphatic hydroxyl groups is 1. The third kappa shape index (κ3) is 10.8. The topological polar surface area (TPSA) is 140 Å². The molecule has 1 aliphatic heterocycles. The third-order valence-electron chi connectivity index (χ3n) is 8.62. The van der Waals surface area contributed by atoms with Gasteiger partial charge in [-0.3, -0.25) is 9.59 Å². The van der Waals surface area contributed by atoms with Gasteiger partial charge in [0.05, 0.1) is 12.9 Å². The predicted octanol–water partition coefficient (Wildman–Crippen LogP) is 5.22. The van der Waals surface area contributed by atoms with Crippen molar-refractivity contribution in [3.05, 3.63) is 41.2 Å². The van der Waals surface area contributed by atoms with Gasteiger partial charge in [-0.05, 0) is 97.1 Å². The number of methoxy groups -OCH3 is 1. The Labute approximate surface area is 256 Å².